The van der Waals surface area contributed by atoms with Gasteiger partial charge in [0.25, 0.3) is 0 Å². The molecule has 1 aromatic carbocycles. The molecular weight excluding hydrogens is 212 g/mol. The van der Waals surface area contributed by atoms with Crippen LogP contribution in [0.2, 0.25) is 0 Å². The lowest BCUT2D eigenvalue weighted by molar-refractivity contribution is -0.123. The second-order valence-electron chi connectivity index (χ2n) is 5.05. The second kappa shape index (κ2) is 4.88. The van der Waals surface area contributed by atoms with Gasteiger partial charge in [0.05, 0.1) is 12.0 Å². The molecule has 3 heteroatoms. The Morgan fingerprint density at radius 1 is 1.47 bits per heavy atom. The fraction of sp³-hybridized carbons (Fsp3) is 0.500. The van der Waals surface area contributed by atoms with Crippen molar-refractivity contribution >= 4 is 5.91 Å². The summed E-state index contributed by atoms with van der Waals surface area (Å²) >= 11 is 0. The number of nitrogens with one attached hydrogen (secondary N) is 1. The van der Waals surface area contributed by atoms with Crippen LogP contribution >= 0.6 is 0 Å². The molecule has 17 heavy (non-hydrogen) atoms. The van der Waals surface area contributed by atoms with Gasteiger partial charge in [-0.25, -0.2) is 0 Å². The Bertz CT molecular complexity index is 405. The topological polar surface area (TPSA) is 55.1 Å². The molecule has 1 aliphatic carbocycles. The van der Waals surface area contributed by atoms with Crippen LogP contribution in [0.1, 0.15) is 30.4 Å². The van der Waals surface area contributed by atoms with Crippen molar-refractivity contribution in [1.82, 2.24) is 5.32 Å². The van der Waals surface area contributed by atoms with Gasteiger partial charge in [-0.1, -0.05) is 29.8 Å². The predicted octanol–water partition coefficient (Wildman–Crippen LogP) is 1.54. The molecule has 1 amide bonds. The molecule has 0 heterocycles. The number of benzene rings is 1. The fourth-order valence-corrected chi connectivity index (χ4v) is 2.33. The summed E-state index contributed by atoms with van der Waals surface area (Å²) in [6, 6.07) is 8.06. The maximum atomic E-state index is 11.9. The summed E-state index contributed by atoms with van der Waals surface area (Å²) < 4.78 is 0. The Labute approximate surface area is 102 Å². The number of hydrogen-bond acceptors (Lipinski definition) is 2. The van der Waals surface area contributed by atoms with E-state index in [-0.39, 0.29) is 11.4 Å². The minimum absolute atomic E-state index is 0.0840. The van der Waals surface area contributed by atoms with Gasteiger partial charge in [-0.2, -0.15) is 0 Å². The third-order valence-corrected chi connectivity index (χ3v) is 3.55. The summed E-state index contributed by atoms with van der Waals surface area (Å²) in [7, 11) is 0. The van der Waals surface area contributed by atoms with Crippen molar-refractivity contribution in [2.24, 2.45) is 5.73 Å². The van der Waals surface area contributed by atoms with Crippen LogP contribution in [0.4, 0.5) is 0 Å². The molecule has 0 atom stereocenters. The Morgan fingerprint density at radius 2 is 2.24 bits per heavy atom. The molecule has 0 radical (unpaired) electrons. The van der Waals surface area contributed by atoms with Crippen LogP contribution < -0.4 is 11.1 Å². The number of hydrogen-bond donors (Lipinski definition) is 2. The van der Waals surface area contributed by atoms with E-state index in [4.69, 9.17) is 5.73 Å². The van der Waals surface area contributed by atoms with Gasteiger partial charge >= 0.3 is 0 Å². The molecule has 0 aromatic heterocycles. The van der Waals surface area contributed by atoms with Gasteiger partial charge in [-0.3, -0.25) is 4.79 Å². The average molecular weight is 232 g/mol. The van der Waals surface area contributed by atoms with Crippen molar-refractivity contribution in [3.05, 3.63) is 35.4 Å². The SMILES string of the molecule is Cc1cccc(CC(=O)NC2(CN)CCC2)c1. The molecule has 0 saturated heterocycles. The minimum Gasteiger partial charge on any atom is -0.349 e. The van der Waals surface area contributed by atoms with E-state index in [0.717, 1.165) is 18.4 Å². The van der Waals surface area contributed by atoms with Crippen LogP contribution in [0.15, 0.2) is 24.3 Å². The van der Waals surface area contributed by atoms with Gasteiger partial charge in [0.15, 0.2) is 0 Å². The van der Waals surface area contributed by atoms with Crippen LogP contribution in [-0.4, -0.2) is 18.0 Å². The summed E-state index contributed by atoms with van der Waals surface area (Å²) in [6.45, 7) is 2.58. The largest absolute Gasteiger partial charge is 0.349 e. The van der Waals surface area contributed by atoms with Crippen LogP contribution in [0.3, 0.4) is 0 Å². The first kappa shape index (κ1) is 12.1. The Kier molecular flexibility index (Phi) is 3.48. The number of nitrogens with two attached hydrogens (primary N) is 1. The smallest absolute Gasteiger partial charge is 0.224 e. The Morgan fingerprint density at radius 3 is 2.76 bits per heavy atom. The van der Waals surface area contributed by atoms with E-state index >= 15 is 0 Å². The predicted molar refractivity (Wildman–Crippen MR) is 68.7 cm³/mol. The van der Waals surface area contributed by atoms with E-state index in [9.17, 15) is 4.79 Å². The minimum atomic E-state index is -0.110. The highest BCUT2D eigenvalue weighted by molar-refractivity contribution is 5.79. The first-order chi connectivity index (χ1) is 8.13. The molecule has 1 fully saturated rings. The van der Waals surface area contributed by atoms with Crippen LogP contribution in [-0.2, 0) is 11.2 Å². The summed E-state index contributed by atoms with van der Waals surface area (Å²) in [6.07, 6.45) is 3.65. The maximum Gasteiger partial charge on any atom is 0.224 e. The molecule has 3 N–H and O–H groups in total. The lowest BCUT2D eigenvalue weighted by atomic mass is 9.76. The molecule has 1 aromatic rings. The number of aryl methyl sites for hydroxylation is 1. The molecule has 1 saturated carbocycles. The highest BCUT2D eigenvalue weighted by atomic mass is 16.1. The van der Waals surface area contributed by atoms with Crippen LogP contribution in [0, 0.1) is 6.92 Å². The van der Waals surface area contributed by atoms with Crippen molar-refractivity contribution < 1.29 is 4.79 Å². The zero-order valence-electron chi connectivity index (χ0n) is 10.3. The zero-order valence-corrected chi connectivity index (χ0v) is 10.3. The third kappa shape index (κ3) is 2.86. The molecule has 92 valence electrons. The molecule has 0 spiro atoms. The summed E-state index contributed by atoms with van der Waals surface area (Å²) in [4.78, 5) is 11.9. The quantitative estimate of drug-likeness (QED) is 0.827. The number of carbonyl (C=O) groups excluding carboxylic acids is 1. The molecule has 0 aliphatic heterocycles. The monoisotopic (exact) mass is 232 g/mol. The molecular formula is C14H20N2O. The Hall–Kier alpha value is -1.35. The van der Waals surface area contributed by atoms with Gasteiger partial charge in [-0.05, 0) is 31.7 Å². The highest BCUT2D eigenvalue weighted by Crippen LogP contribution is 2.30. The van der Waals surface area contributed by atoms with E-state index in [1.54, 1.807) is 0 Å². The molecule has 2 rings (SSSR count). The first-order valence-electron chi connectivity index (χ1n) is 6.20. The second-order valence-corrected chi connectivity index (χ2v) is 5.05. The summed E-state index contributed by atoms with van der Waals surface area (Å²) in [5, 5.41) is 3.08. The maximum absolute atomic E-state index is 11.9. The van der Waals surface area contributed by atoms with Gasteiger partial charge in [-0.15, -0.1) is 0 Å². The fourth-order valence-electron chi connectivity index (χ4n) is 2.33. The standard InChI is InChI=1S/C14H20N2O/c1-11-4-2-5-12(8-11)9-13(17)16-14(10-15)6-3-7-14/h2,4-5,8H,3,6-7,9-10,15H2,1H3,(H,16,17). The van der Waals surface area contributed by atoms with Gasteiger partial charge < -0.3 is 11.1 Å². The van der Waals surface area contributed by atoms with E-state index in [1.165, 1.54) is 12.0 Å². The van der Waals surface area contributed by atoms with Crippen molar-refractivity contribution in [2.75, 3.05) is 6.54 Å². The van der Waals surface area contributed by atoms with Crippen molar-refractivity contribution in [3.63, 3.8) is 0 Å². The van der Waals surface area contributed by atoms with Gasteiger partial charge in [0.2, 0.25) is 5.91 Å². The number of rotatable bonds is 4. The Balaban J connectivity index is 1.93. The van der Waals surface area contributed by atoms with Gasteiger partial charge in [0, 0.05) is 6.54 Å². The van der Waals surface area contributed by atoms with E-state index in [2.05, 4.69) is 11.4 Å². The third-order valence-electron chi connectivity index (χ3n) is 3.55. The average Bonchev–Trinajstić information content (AvgIpc) is 2.23. The van der Waals surface area contributed by atoms with E-state index in [1.807, 2.05) is 25.1 Å². The highest BCUT2D eigenvalue weighted by Gasteiger charge is 2.36. The van der Waals surface area contributed by atoms with Gasteiger partial charge in [0.1, 0.15) is 0 Å². The lowest BCUT2D eigenvalue weighted by Gasteiger charge is -2.41. The first-order valence-corrected chi connectivity index (χ1v) is 6.20. The summed E-state index contributed by atoms with van der Waals surface area (Å²) in [5.74, 6) is 0.0840. The lowest BCUT2D eigenvalue weighted by Crippen LogP contribution is -2.58. The van der Waals surface area contributed by atoms with Crippen molar-refractivity contribution in [3.8, 4) is 0 Å². The van der Waals surface area contributed by atoms with Crippen LogP contribution in [0.5, 0.6) is 0 Å². The number of carbonyl (C=O) groups is 1. The van der Waals surface area contributed by atoms with E-state index in [0.29, 0.717) is 13.0 Å². The van der Waals surface area contributed by atoms with E-state index < -0.39 is 0 Å². The molecule has 0 bridgehead atoms. The normalized spacial score (nSPS) is 17.3. The summed E-state index contributed by atoms with van der Waals surface area (Å²) in [5.41, 5.74) is 7.86. The molecule has 0 unspecified atom stereocenters. The zero-order chi connectivity index (χ0) is 12.3. The number of amides is 1. The van der Waals surface area contributed by atoms with Crippen molar-refractivity contribution in [1.29, 1.82) is 0 Å². The molecule has 1 aliphatic rings. The molecule has 3 nitrogen and oxygen atoms in total. The van der Waals surface area contributed by atoms with Crippen molar-refractivity contribution in [2.45, 2.75) is 38.1 Å². The van der Waals surface area contributed by atoms with Crippen LogP contribution in [0.25, 0.3) is 0 Å².